The van der Waals surface area contributed by atoms with Crippen LogP contribution in [0.25, 0.3) is 0 Å². The van der Waals surface area contributed by atoms with Gasteiger partial charge in [-0.3, -0.25) is 0 Å². The molecule has 2 rings (SSSR count). The van der Waals surface area contributed by atoms with Gasteiger partial charge in [0.15, 0.2) is 6.33 Å². The van der Waals surface area contributed by atoms with E-state index in [4.69, 9.17) is 10.4 Å². The Labute approximate surface area is 110 Å². The molecule has 0 aliphatic rings. The van der Waals surface area contributed by atoms with E-state index >= 15 is 0 Å². The van der Waals surface area contributed by atoms with Gasteiger partial charge in [0.2, 0.25) is 5.89 Å². The smallest absolute Gasteiger partial charge is 0.228 e. The van der Waals surface area contributed by atoms with Crippen molar-refractivity contribution in [2.45, 2.75) is 26.7 Å². The molecule has 0 amide bonds. The summed E-state index contributed by atoms with van der Waals surface area (Å²) in [6.07, 6.45) is 2.76. The van der Waals surface area contributed by atoms with Crippen molar-refractivity contribution in [3.63, 3.8) is 0 Å². The van der Waals surface area contributed by atoms with Gasteiger partial charge in [-0.05, 0) is 6.92 Å². The number of hydrogen-bond donors (Lipinski definition) is 3. The number of nitrogens with one attached hydrogen (secondary N) is 2. The van der Waals surface area contributed by atoms with Crippen LogP contribution < -0.4 is 16.6 Å². The van der Waals surface area contributed by atoms with Gasteiger partial charge in [-0.15, -0.1) is 0 Å². The highest BCUT2D eigenvalue weighted by Crippen LogP contribution is 2.19. The van der Waals surface area contributed by atoms with Gasteiger partial charge in [-0.1, -0.05) is 12.1 Å². The van der Waals surface area contributed by atoms with Crippen LogP contribution in [0.4, 0.5) is 11.6 Å². The van der Waals surface area contributed by atoms with Gasteiger partial charge in [0, 0.05) is 24.9 Å². The van der Waals surface area contributed by atoms with Crippen LogP contribution in [0.2, 0.25) is 0 Å². The molecule has 102 valence electrons. The van der Waals surface area contributed by atoms with Crippen molar-refractivity contribution in [2.75, 3.05) is 17.3 Å². The second-order valence-corrected chi connectivity index (χ2v) is 3.97. The Morgan fingerprint density at radius 2 is 2.11 bits per heavy atom. The summed E-state index contributed by atoms with van der Waals surface area (Å²) in [6, 6.07) is 0. The molecule has 2 heterocycles. The van der Waals surface area contributed by atoms with Crippen molar-refractivity contribution in [1.82, 2.24) is 20.1 Å². The molecule has 0 bridgehead atoms. The fourth-order valence-corrected chi connectivity index (χ4v) is 1.63. The van der Waals surface area contributed by atoms with E-state index in [1.54, 1.807) is 0 Å². The molecule has 0 fully saturated rings. The number of nitrogen functional groups attached to an aromatic ring is 1. The molecule has 8 nitrogen and oxygen atoms in total. The summed E-state index contributed by atoms with van der Waals surface area (Å²) in [5.41, 5.74) is 3.46. The minimum atomic E-state index is 0.590. The maximum atomic E-state index is 5.45. The van der Waals surface area contributed by atoms with Crippen LogP contribution in [0.15, 0.2) is 10.9 Å². The molecule has 0 aliphatic carbocycles. The third-order valence-electron chi connectivity index (χ3n) is 2.68. The summed E-state index contributed by atoms with van der Waals surface area (Å²) in [7, 11) is 0. The van der Waals surface area contributed by atoms with Gasteiger partial charge in [0.05, 0.1) is 0 Å². The summed E-state index contributed by atoms with van der Waals surface area (Å²) in [5, 5.41) is 6.78. The molecule has 0 atom stereocenters. The van der Waals surface area contributed by atoms with Crippen LogP contribution in [0, 0.1) is 6.92 Å². The Morgan fingerprint density at radius 3 is 2.74 bits per heavy atom. The molecular weight excluding hydrogens is 246 g/mol. The lowest BCUT2D eigenvalue weighted by Gasteiger charge is -2.12. The molecule has 2 aromatic heterocycles. The molecule has 0 unspecified atom stereocenters. The zero-order valence-electron chi connectivity index (χ0n) is 11.0. The second kappa shape index (κ2) is 6.10. The summed E-state index contributed by atoms with van der Waals surface area (Å²) in [5.74, 6) is 8.17. The Morgan fingerprint density at radius 1 is 1.32 bits per heavy atom. The molecule has 0 aliphatic heterocycles. The molecule has 4 N–H and O–H groups in total. The first-order valence-corrected chi connectivity index (χ1v) is 6.08. The number of rotatable bonds is 6. The van der Waals surface area contributed by atoms with Crippen LogP contribution in [-0.2, 0) is 12.8 Å². The van der Waals surface area contributed by atoms with E-state index in [9.17, 15) is 0 Å². The molecule has 0 saturated carbocycles. The zero-order chi connectivity index (χ0) is 13.7. The molecule has 0 aromatic carbocycles. The highest BCUT2D eigenvalue weighted by atomic mass is 16.5. The zero-order valence-corrected chi connectivity index (χ0v) is 11.0. The number of hydrogen-bond acceptors (Lipinski definition) is 8. The van der Waals surface area contributed by atoms with Crippen molar-refractivity contribution < 1.29 is 4.52 Å². The fourth-order valence-electron chi connectivity index (χ4n) is 1.63. The van der Waals surface area contributed by atoms with Crippen molar-refractivity contribution in [2.24, 2.45) is 5.84 Å². The van der Waals surface area contributed by atoms with E-state index in [0.717, 1.165) is 23.6 Å². The van der Waals surface area contributed by atoms with E-state index < -0.39 is 0 Å². The van der Waals surface area contributed by atoms with Gasteiger partial charge in [-0.25, -0.2) is 15.8 Å². The average Bonchev–Trinajstić information content (AvgIpc) is 2.94. The SMILES string of the molecule is CCc1nc(NN)c(C)c(NCCc2ncno2)n1. The Balaban J connectivity index is 2.06. The number of nitrogens with zero attached hydrogens (tertiary/aromatic N) is 4. The monoisotopic (exact) mass is 263 g/mol. The average molecular weight is 263 g/mol. The van der Waals surface area contributed by atoms with Crippen LogP contribution in [0.5, 0.6) is 0 Å². The second-order valence-electron chi connectivity index (χ2n) is 3.97. The number of aryl methyl sites for hydroxylation is 1. The first kappa shape index (κ1) is 13.2. The minimum absolute atomic E-state index is 0.590. The minimum Gasteiger partial charge on any atom is -0.369 e. The molecule has 2 aromatic rings. The molecule has 8 heteroatoms. The van der Waals surface area contributed by atoms with Crippen molar-refractivity contribution >= 4 is 11.6 Å². The maximum absolute atomic E-state index is 5.45. The fraction of sp³-hybridized carbons (Fsp3) is 0.455. The quantitative estimate of drug-likeness (QED) is 0.514. The Kier molecular flexibility index (Phi) is 4.24. The van der Waals surface area contributed by atoms with E-state index in [-0.39, 0.29) is 0 Å². The van der Waals surface area contributed by atoms with Crippen molar-refractivity contribution in [1.29, 1.82) is 0 Å². The van der Waals surface area contributed by atoms with Gasteiger partial charge in [-0.2, -0.15) is 4.98 Å². The van der Waals surface area contributed by atoms with E-state index in [1.165, 1.54) is 6.33 Å². The van der Waals surface area contributed by atoms with Crippen LogP contribution in [-0.4, -0.2) is 26.7 Å². The van der Waals surface area contributed by atoms with Gasteiger partial charge in [0.1, 0.15) is 17.5 Å². The van der Waals surface area contributed by atoms with E-state index in [0.29, 0.717) is 24.7 Å². The molecular formula is C11H17N7O. The van der Waals surface area contributed by atoms with Crippen molar-refractivity contribution in [3.05, 3.63) is 23.6 Å². The first-order valence-electron chi connectivity index (χ1n) is 6.08. The molecule has 0 radical (unpaired) electrons. The number of nitrogens with two attached hydrogens (primary N) is 1. The van der Waals surface area contributed by atoms with Crippen LogP contribution in [0.3, 0.4) is 0 Å². The lowest BCUT2D eigenvalue weighted by atomic mass is 10.3. The molecule has 0 spiro atoms. The normalized spacial score (nSPS) is 10.5. The Bertz CT molecular complexity index is 526. The molecule has 19 heavy (non-hydrogen) atoms. The predicted molar refractivity (Wildman–Crippen MR) is 70.4 cm³/mol. The third-order valence-corrected chi connectivity index (χ3v) is 2.68. The van der Waals surface area contributed by atoms with Crippen LogP contribution >= 0.6 is 0 Å². The third kappa shape index (κ3) is 3.16. The highest BCUT2D eigenvalue weighted by Gasteiger charge is 2.09. The lowest BCUT2D eigenvalue weighted by molar-refractivity contribution is 0.379. The number of aromatic nitrogens is 4. The van der Waals surface area contributed by atoms with E-state index in [2.05, 4.69) is 30.9 Å². The van der Waals surface area contributed by atoms with Gasteiger partial charge >= 0.3 is 0 Å². The molecule has 0 saturated heterocycles. The topological polar surface area (TPSA) is 115 Å². The van der Waals surface area contributed by atoms with E-state index in [1.807, 2.05) is 13.8 Å². The summed E-state index contributed by atoms with van der Waals surface area (Å²) in [4.78, 5) is 12.7. The standard InChI is InChI=1S/C11H17N7O/c1-3-8-16-10(7(2)11(17-8)18-12)13-5-4-9-14-6-15-19-9/h6H,3-5,12H2,1-2H3,(H2,13,16,17,18). The predicted octanol–water partition coefficient (Wildman–Crippen LogP) is 0.671. The summed E-state index contributed by atoms with van der Waals surface area (Å²) in [6.45, 7) is 4.55. The highest BCUT2D eigenvalue weighted by molar-refractivity contribution is 5.56. The van der Waals surface area contributed by atoms with Crippen molar-refractivity contribution in [3.8, 4) is 0 Å². The summed E-state index contributed by atoms with van der Waals surface area (Å²) < 4.78 is 4.93. The lowest BCUT2D eigenvalue weighted by Crippen LogP contribution is -2.15. The maximum Gasteiger partial charge on any atom is 0.228 e. The summed E-state index contributed by atoms with van der Waals surface area (Å²) >= 11 is 0. The van der Waals surface area contributed by atoms with Crippen LogP contribution in [0.1, 0.15) is 24.2 Å². The number of hydrazine groups is 1. The Hall–Kier alpha value is -2.22. The van der Waals surface area contributed by atoms with Gasteiger partial charge < -0.3 is 15.3 Å². The van der Waals surface area contributed by atoms with Gasteiger partial charge in [0.25, 0.3) is 0 Å². The number of anilines is 2. The largest absolute Gasteiger partial charge is 0.369 e. The first-order chi connectivity index (χ1) is 9.24.